The standard InChI is InChI=1S/C86H153N5O36/c1-73(2)83(89-79(92)14-15-90(82(95)70-91-80(93)12-13-81(91)94)16-18-102-24-26-106-32-34-110-40-42-114-46-48-117-51-52-118-50-49-115-44-43-111-37-35-107-29-27-103-21-19-99-6)85(97)87-75(5)84(96)88-78-11-10-77(71-127-86(98)74(3)4)76(69-78)9-8-17-101-23-25-105-31-33-109-39-41-113-45-47-116-53-54-119-55-56-120-58-60-122-62-64-124-66-68-126-72-125-67-65-123-63-61-121-59-57-112-38-36-108-30-28-104-22-20-100-7/h10-13,69,73-75,83H,8-9,14-68,70-72H2,1-7H3,(H,87,97)(H,88,96)(H,89,92)/t75-,83-/m0/s1. The topological polar surface area (TPSA) is 430 Å². The number of nitrogens with zero attached hydrogens (tertiary/aromatic N) is 2. The van der Waals surface area contributed by atoms with Crippen molar-refractivity contribution in [3.63, 3.8) is 0 Å². The number of rotatable bonds is 98. The number of carbonyl (C=O) groups is 7. The second kappa shape index (κ2) is 88.3. The van der Waals surface area contributed by atoms with Gasteiger partial charge in [-0.1, -0.05) is 33.8 Å². The number of methoxy groups -OCH3 is 2. The monoisotopic (exact) mass is 1830 g/mol. The Morgan fingerprint density at radius 1 is 0.346 bits per heavy atom. The van der Waals surface area contributed by atoms with Gasteiger partial charge in [0.25, 0.3) is 11.8 Å². The van der Waals surface area contributed by atoms with Crippen LogP contribution in [-0.2, 0) is 184 Å². The van der Waals surface area contributed by atoms with Crippen molar-refractivity contribution in [2.75, 3.05) is 390 Å². The van der Waals surface area contributed by atoms with E-state index in [9.17, 15) is 33.6 Å². The van der Waals surface area contributed by atoms with Crippen molar-refractivity contribution in [1.29, 1.82) is 0 Å². The molecule has 1 aromatic carbocycles. The molecule has 1 aliphatic heterocycles. The molecule has 1 aliphatic rings. The predicted molar refractivity (Wildman–Crippen MR) is 460 cm³/mol. The summed E-state index contributed by atoms with van der Waals surface area (Å²) >= 11 is 0. The van der Waals surface area contributed by atoms with Crippen molar-refractivity contribution in [2.45, 2.75) is 72.6 Å². The van der Waals surface area contributed by atoms with Crippen LogP contribution in [0.4, 0.5) is 5.69 Å². The van der Waals surface area contributed by atoms with Gasteiger partial charge in [-0.25, -0.2) is 0 Å². The van der Waals surface area contributed by atoms with E-state index < -0.39 is 60.0 Å². The molecule has 127 heavy (non-hydrogen) atoms. The number of carbonyl (C=O) groups excluding carboxylic acids is 7. The maximum absolute atomic E-state index is 13.8. The van der Waals surface area contributed by atoms with Crippen LogP contribution in [0.5, 0.6) is 0 Å². The van der Waals surface area contributed by atoms with E-state index in [2.05, 4.69) is 16.0 Å². The third-order valence-electron chi connectivity index (χ3n) is 17.3. The van der Waals surface area contributed by atoms with E-state index in [1.54, 1.807) is 60.1 Å². The first-order valence-electron chi connectivity index (χ1n) is 44.2. The molecular formula is C86H153N5O36. The summed E-state index contributed by atoms with van der Waals surface area (Å²) in [4.78, 5) is 93.8. The van der Waals surface area contributed by atoms with Crippen molar-refractivity contribution in [2.24, 2.45) is 11.8 Å². The van der Waals surface area contributed by atoms with Gasteiger partial charge in [-0.2, -0.15) is 0 Å². The fraction of sp³-hybridized carbons (Fsp3) is 0.826. The highest BCUT2D eigenvalue weighted by molar-refractivity contribution is 6.14. The van der Waals surface area contributed by atoms with Crippen LogP contribution in [0.15, 0.2) is 30.4 Å². The number of esters is 1. The molecule has 0 saturated heterocycles. The summed E-state index contributed by atoms with van der Waals surface area (Å²) in [6.07, 6.45) is 3.01. The van der Waals surface area contributed by atoms with E-state index >= 15 is 0 Å². The second-order valence-corrected chi connectivity index (χ2v) is 28.2. The molecule has 0 fully saturated rings. The van der Waals surface area contributed by atoms with Crippen LogP contribution in [-0.4, -0.2) is 448 Å². The number of nitrogens with one attached hydrogen (secondary N) is 3. The highest BCUT2D eigenvalue weighted by Crippen LogP contribution is 2.21. The average Bonchev–Trinajstić information content (AvgIpc) is 1.77. The van der Waals surface area contributed by atoms with Crippen LogP contribution >= 0.6 is 0 Å². The molecule has 2 rings (SSSR count). The summed E-state index contributed by atoms with van der Waals surface area (Å²) < 4.78 is 159. The molecule has 41 nitrogen and oxygen atoms in total. The van der Waals surface area contributed by atoms with Crippen LogP contribution in [0, 0.1) is 11.8 Å². The third-order valence-corrected chi connectivity index (χ3v) is 17.3. The summed E-state index contributed by atoms with van der Waals surface area (Å²) in [6.45, 7) is 30.2. The minimum atomic E-state index is -1.08. The number of aryl methyl sites for hydroxylation is 1. The number of amides is 6. The predicted octanol–water partition coefficient (Wildman–Crippen LogP) is 1.73. The normalized spacial score (nSPS) is 12.7. The Morgan fingerprint density at radius 2 is 0.646 bits per heavy atom. The minimum Gasteiger partial charge on any atom is -0.461 e. The third kappa shape index (κ3) is 72.6. The molecule has 0 saturated carbocycles. The molecule has 0 radical (unpaired) electrons. The lowest BCUT2D eigenvalue weighted by Crippen LogP contribution is -2.54. The zero-order chi connectivity index (χ0) is 91.8. The maximum Gasteiger partial charge on any atom is 0.308 e. The first-order valence-corrected chi connectivity index (χ1v) is 44.2. The largest absolute Gasteiger partial charge is 0.461 e. The van der Waals surface area contributed by atoms with Crippen molar-refractivity contribution in [1.82, 2.24) is 20.4 Å². The number of hydrogen-bond donors (Lipinski definition) is 3. The first-order chi connectivity index (χ1) is 62.2. The fourth-order valence-electron chi connectivity index (χ4n) is 10.4. The SMILES string of the molecule is COCCOCCOCCOCCOCCOCCOCCOCCOCCOCCOCCN(CCC(=O)N[C@H](C(=O)N[C@@H](C)C(=O)Nc1ccc(COC(=O)C(C)C)c(CCCOCCOCCOCCOCCOCCOCCOCCOCCOCCOCOCCOCCOCCOCCOCCOCCOC)c1)C(C)C)C(=O)CN1C(=O)C=CC1=O. The van der Waals surface area contributed by atoms with Crippen molar-refractivity contribution in [3.05, 3.63) is 41.5 Å². The molecule has 3 N–H and O–H groups in total. The zero-order valence-electron chi connectivity index (χ0n) is 76.7. The lowest BCUT2D eigenvalue weighted by atomic mass is 10.0. The molecule has 6 amide bonds. The van der Waals surface area contributed by atoms with Gasteiger partial charge in [0, 0.05) is 58.2 Å². The molecule has 738 valence electrons. The van der Waals surface area contributed by atoms with Gasteiger partial charge >= 0.3 is 5.97 Å². The quantitative estimate of drug-likeness (QED) is 0.0362. The summed E-state index contributed by atoms with van der Waals surface area (Å²) in [5.41, 5.74) is 2.00. The molecule has 0 unspecified atom stereocenters. The smallest absolute Gasteiger partial charge is 0.308 e. The van der Waals surface area contributed by atoms with Gasteiger partial charge in [-0.05, 0) is 48.9 Å². The molecular weight excluding hydrogens is 1680 g/mol. The van der Waals surface area contributed by atoms with Crippen LogP contribution in [0.2, 0.25) is 0 Å². The van der Waals surface area contributed by atoms with Gasteiger partial charge < -0.3 is 158 Å². The van der Waals surface area contributed by atoms with Gasteiger partial charge in [-0.15, -0.1) is 0 Å². The maximum atomic E-state index is 13.8. The molecule has 0 spiro atoms. The van der Waals surface area contributed by atoms with E-state index in [1.807, 2.05) is 0 Å². The van der Waals surface area contributed by atoms with E-state index in [1.165, 1.54) is 11.8 Å². The van der Waals surface area contributed by atoms with Crippen molar-refractivity contribution < 1.29 is 171 Å². The van der Waals surface area contributed by atoms with Crippen molar-refractivity contribution in [3.8, 4) is 0 Å². The zero-order valence-corrected chi connectivity index (χ0v) is 76.7. The van der Waals surface area contributed by atoms with Crippen molar-refractivity contribution >= 4 is 47.1 Å². The van der Waals surface area contributed by atoms with Crippen LogP contribution in [0.3, 0.4) is 0 Å². The van der Waals surface area contributed by atoms with Gasteiger partial charge in [0.15, 0.2) is 0 Å². The fourth-order valence-corrected chi connectivity index (χ4v) is 10.4. The Kier molecular flexibility index (Phi) is 81.6. The number of hydrogen-bond acceptors (Lipinski definition) is 36. The Morgan fingerprint density at radius 3 is 0.953 bits per heavy atom. The van der Waals surface area contributed by atoms with Gasteiger partial charge in [0.2, 0.25) is 23.6 Å². The first kappa shape index (κ1) is 117. The number of anilines is 1. The van der Waals surface area contributed by atoms with E-state index in [0.717, 1.165) is 28.2 Å². The summed E-state index contributed by atoms with van der Waals surface area (Å²) in [5, 5.41) is 8.31. The van der Waals surface area contributed by atoms with Crippen LogP contribution in [0.25, 0.3) is 0 Å². The Balaban J connectivity index is 1.52. The summed E-state index contributed by atoms with van der Waals surface area (Å²) in [7, 11) is 3.26. The summed E-state index contributed by atoms with van der Waals surface area (Å²) in [5.74, 6) is -4.73. The highest BCUT2D eigenvalue weighted by atomic mass is 16.7. The molecule has 1 heterocycles. The van der Waals surface area contributed by atoms with E-state index in [4.69, 9.17) is 137 Å². The lowest BCUT2D eigenvalue weighted by Gasteiger charge is -2.26. The average molecular weight is 1830 g/mol. The minimum absolute atomic E-state index is 0.00604. The van der Waals surface area contributed by atoms with E-state index in [0.29, 0.717) is 342 Å². The Hall–Kier alpha value is -5.67. The van der Waals surface area contributed by atoms with Crippen LogP contribution in [0.1, 0.15) is 58.6 Å². The van der Waals surface area contributed by atoms with E-state index in [-0.39, 0.29) is 64.6 Å². The molecule has 0 aromatic heterocycles. The number of ether oxygens (including phenoxy) is 29. The summed E-state index contributed by atoms with van der Waals surface area (Å²) in [6, 6.07) is 3.11. The molecule has 41 heteroatoms. The van der Waals surface area contributed by atoms with Gasteiger partial charge in [0.1, 0.15) is 32.0 Å². The molecule has 1 aromatic rings. The lowest BCUT2D eigenvalue weighted by molar-refractivity contribution is -0.148. The number of imide groups is 1. The van der Waals surface area contributed by atoms with Crippen LogP contribution < -0.4 is 16.0 Å². The highest BCUT2D eigenvalue weighted by Gasteiger charge is 2.30. The van der Waals surface area contributed by atoms with Gasteiger partial charge in [0.05, 0.1) is 343 Å². The Bertz CT molecular complexity index is 2790. The molecule has 0 bridgehead atoms. The second-order valence-electron chi connectivity index (χ2n) is 28.2. The number of benzene rings is 1. The molecule has 2 atom stereocenters. The molecule has 0 aliphatic carbocycles. The Labute approximate surface area is 751 Å². The van der Waals surface area contributed by atoms with Gasteiger partial charge in [-0.3, -0.25) is 38.5 Å².